The van der Waals surface area contributed by atoms with Crippen molar-refractivity contribution in [3.8, 4) is 5.75 Å². The van der Waals surface area contributed by atoms with E-state index in [1.807, 2.05) is 19.1 Å². The number of aromatic nitrogens is 3. The third kappa shape index (κ3) is 4.09. The van der Waals surface area contributed by atoms with Gasteiger partial charge in [-0.15, -0.1) is 5.10 Å². The van der Waals surface area contributed by atoms with Gasteiger partial charge in [-0.2, -0.15) is 0 Å². The summed E-state index contributed by atoms with van der Waals surface area (Å²) in [6.07, 6.45) is 1.50. The van der Waals surface area contributed by atoms with Gasteiger partial charge in [0.2, 0.25) is 5.16 Å². The molecule has 0 unspecified atom stereocenters. The van der Waals surface area contributed by atoms with Gasteiger partial charge in [-0.1, -0.05) is 18.2 Å². The number of hydrogen-bond donors (Lipinski definition) is 1. The molecule has 1 aromatic heterocycles. The van der Waals surface area contributed by atoms with Gasteiger partial charge in [0.05, 0.1) is 12.6 Å². The van der Waals surface area contributed by atoms with E-state index in [1.54, 1.807) is 19.1 Å². The van der Waals surface area contributed by atoms with Crippen LogP contribution >= 0.6 is 11.8 Å². The molecule has 0 aliphatic rings. The average molecular weight is 304 g/mol. The van der Waals surface area contributed by atoms with Crippen LogP contribution in [0, 0.1) is 6.92 Å². The average Bonchev–Trinajstić information content (AvgIpc) is 2.86. The Kier molecular flexibility index (Phi) is 4.99. The fourth-order valence-corrected chi connectivity index (χ4v) is 2.36. The maximum atomic E-state index is 11.3. The van der Waals surface area contributed by atoms with Crippen molar-refractivity contribution < 1.29 is 14.6 Å². The van der Waals surface area contributed by atoms with Crippen LogP contribution in [-0.4, -0.2) is 27.8 Å². The quantitative estimate of drug-likeness (QED) is 0.640. The molecule has 1 aromatic carbocycles. The summed E-state index contributed by atoms with van der Waals surface area (Å²) >= 11 is 0.929. The number of carboxylic acid groups (broad SMARTS) is 1. The number of ether oxygens (including phenoxy) is 1. The maximum Gasteiger partial charge on any atom is 0.213 e. The Morgan fingerprint density at radius 2 is 2.24 bits per heavy atom. The fraction of sp³-hybridized carbons (Fsp3) is 0.214. The first-order valence-electron chi connectivity index (χ1n) is 6.32. The summed E-state index contributed by atoms with van der Waals surface area (Å²) in [7, 11) is 0. The van der Waals surface area contributed by atoms with Crippen LogP contribution in [0.5, 0.6) is 5.75 Å². The summed E-state index contributed by atoms with van der Waals surface area (Å²) in [5.74, 6) is -0.0517. The number of carboxylic acids is 1. The first kappa shape index (κ1) is 15.1. The summed E-state index contributed by atoms with van der Waals surface area (Å²) in [4.78, 5) is 15.4. The van der Waals surface area contributed by atoms with Crippen molar-refractivity contribution in [2.24, 2.45) is 0 Å². The predicted octanol–water partition coefficient (Wildman–Crippen LogP) is 1.39. The van der Waals surface area contributed by atoms with Crippen molar-refractivity contribution in [1.29, 1.82) is 0 Å². The number of para-hydroxylation sites is 1. The molecule has 1 N–H and O–H groups in total. The second-order valence-electron chi connectivity index (χ2n) is 4.07. The van der Waals surface area contributed by atoms with Gasteiger partial charge in [0.1, 0.15) is 11.6 Å². The number of aliphatic carboxylic acids is 1. The molecule has 0 fully saturated rings. The van der Waals surface area contributed by atoms with E-state index < -0.39 is 5.97 Å². The number of H-pyrrole nitrogens is 1. The van der Waals surface area contributed by atoms with Crippen molar-refractivity contribution in [3.63, 3.8) is 0 Å². The zero-order valence-corrected chi connectivity index (χ0v) is 12.4. The molecule has 0 aliphatic heterocycles. The molecular formula is C14H14N3O3S-. The smallest absolute Gasteiger partial charge is 0.213 e. The van der Waals surface area contributed by atoms with E-state index in [0.717, 1.165) is 11.8 Å². The van der Waals surface area contributed by atoms with Crippen molar-refractivity contribution in [2.75, 3.05) is 6.61 Å². The highest BCUT2D eigenvalue weighted by Crippen LogP contribution is 2.28. The molecule has 0 atom stereocenters. The van der Waals surface area contributed by atoms with Gasteiger partial charge in [-0.05, 0) is 37.8 Å². The standard InChI is InChI=1S/C14H15N3O3S/c1-3-20-11-7-5-4-6-10(11)8-12(13(18)19)21-14-15-9(2)16-17-14/h4-8H,3H2,1-2H3,(H,18,19)(H,15,16,17)/p-1/b12-8+. The van der Waals surface area contributed by atoms with Crippen LogP contribution in [0.3, 0.4) is 0 Å². The van der Waals surface area contributed by atoms with Crippen LogP contribution in [-0.2, 0) is 4.79 Å². The Bertz CT molecular complexity index is 667. The summed E-state index contributed by atoms with van der Waals surface area (Å²) in [5, 5.41) is 18.2. The lowest BCUT2D eigenvalue weighted by molar-refractivity contribution is -0.297. The van der Waals surface area contributed by atoms with Crippen LogP contribution < -0.4 is 9.84 Å². The van der Waals surface area contributed by atoms with Gasteiger partial charge < -0.3 is 14.6 Å². The zero-order chi connectivity index (χ0) is 15.2. The monoisotopic (exact) mass is 304 g/mol. The molecule has 110 valence electrons. The van der Waals surface area contributed by atoms with Crippen LogP contribution in [0.2, 0.25) is 0 Å². The van der Waals surface area contributed by atoms with E-state index in [0.29, 0.717) is 28.9 Å². The molecule has 6 nitrogen and oxygen atoms in total. The maximum absolute atomic E-state index is 11.3. The summed E-state index contributed by atoms with van der Waals surface area (Å²) < 4.78 is 5.47. The molecule has 2 rings (SSSR count). The Balaban J connectivity index is 2.31. The topological polar surface area (TPSA) is 90.9 Å². The van der Waals surface area contributed by atoms with Crippen LogP contribution in [0.25, 0.3) is 6.08 Å². The van der Waals surface area contributed by atoms with E-state index in [-0.39, 0.29) is 4.91 Å². The molecule has 2 aromatic rings. The van der Waals surface area contributed by atoms with Crippen molar-refractivity contribution >= 4 is 23.8 Å². The molecule has 0 spiro atoms. The van der Waals surface area contributed by atoms with E-state index in [9.17, 15) is 9.90 Å². The molecule has 0 saturated carbocycles. The number of hydrogen-bond acceptors (Lipinski definition) is 6. The predicted molar refractivity (Wildman–Crippen MR) is 77.6 cm³/mol. The molecule has 0 aliphatic carbocycles. The lowest BCUT2D eigenvalue weighted by Crippen LogP contribution is -2.23. The second-order valence-corrected chi connectivity index (χ2v) is 5.08. The van der Waals surface area contributed by atoms with Crippen molar-refractivity contribution in [1.82, 2.24) is 15.2 Å². The molecular weight excluding hydrogens is 290 g/mol. The summed E-state index contributed by atoms with van der Waals surface area (Å²) in [6, 6.07) is 7.19. The Labute approximate surface area is 126 Å². The van der Waals surface area contributed by atoms with Crippen molar-refractivity contribution in [2.45, 2.75) is 19.0 Å². The normalized spacial score (nSPS) is 11.4. The molecule has 0 radical (unpaired) electrons. The lowest BCUT2D eigenvalue weighted by atomic mass is 10.2. The highest BCUT2D eigenvalue weighted by Gasteiger charge is 2.09. The number of nitrogens with zero attached hydrogens (tertiary/aromatic N) is 2. The van der Waals surface area contributed by atoms with E-state index in [4.69, 9.17) is 4.74 Å². The number of thioether (sulfide) groups is 1. The summed E-state index contributed by atoms with van der Waals surface area (Å²) in [6.45, 7) is 4.11. The van der Waals surface area contributed by atoms with E-state index >= 15 is 0 Å². The minimum absolute atomic E-state index is 0.0150. The largest absolute Gasteiger partial charge is 0.544 e. The van der Waals surface area contributed by atoms with Crippen LogP contribution in [0.15, 0.2) is 34.3 Å². The van der Waals surface area contributed by atoms with Gasteiger partial charge in [-0.3, -0.25) is 5.10 Å². The van der Waals surface area contributed by atoms with Gasteiger partial charge >= 0.3 is 0 Å². The number of benzene rings is 1. The Morgan fingerprint density at radius 3 is 2.86 bits per heavy atom. The minimum atomic E-state index is -1.28. The highest BCUT2D eigenvalue weighted by molar-refractivity contribution is 8.04. The van der Waals surface area contributed by atoms with Gasteiger partial charge in [0.25, 0.3) is 0 Å². The number of carbonyl (C=O) groups excluding carboxylic acids is 1. The third-order valence-electron chi connectivity index (χ3n) is 2.48. The highest BCUT2D eigenvalue weighted by atomic mass is 32.2. The molecule has 7 heteroatoms. The molecule has 0 amide bonds. The molecule has 21 heavy (non-hydrogen) atoms. The van der Waals surface area contributed by atoms with Crippen LogP contribution in [0.1, 0.15) is 18.3 Å². The SMILES string of the molecule is CCOc1ccccc1/C=C(/Sc1n[nH]c(C)n1)C(=O)[O-]. The zero-order valence-electron chi connectivity index (χ0n) is 11.6. The fourth-order valence-electron chi connectivity index (χ4n) is 1.62. The van der Waals surface area contributed by atoms with Crippen LogP contribution in [0.4, 0.5) is 0 Å². The first-order valence-corrected chi connectivity index (χ1v) is 7.13. The number of carbonyl (C=O) groups is 1. The summed E-state index contributed by atoms with van der Waals surface area (Å²) in [5.41, 5.74) is 0.665. The molecule has 0 saturated heterocycles. The lowest BCUT2D eigenvalue weighted by Gasteiger charge is -2.09. The van der Waals surface area contributed by atoms with Gasteiger partial charge in [-0.25, -0.2) is 4.98 Å². The number of nitrogens with one attached hydrogen (secondary N) is 1. The second kappa shape index (κ2) is 6.94. The van der Waals surface area contributed by atoms with Gasteiger partial charge in [0, 0.05) is 10.5 Å². The van der Waals surface area contributed by atoms with E-state index in [2.05, 4.69) is 15.2 Å². The third-order valence-corrected chi connectivity index (χ3v) is 3.35. The molecule has 1 heterocycles. The van der Waals surface area contributed by atoms with Gasteiger partial charge in [0.15, 0.2) is 0 Å². The number of rotatable bonds is 6. The minimum Gasteiger partial charge on any atom is -0.544 e. The first-order chi connectivity index (χ1) is 10.1. The molecule has 0 bridgehead atoms. The van der Waals surface area contributed by atoms with E-state index in [1.165, 1.54) is 6.08 Å². The number of aromatic amines is 1. The Morgan fingerprint density at radius 1 is 1.48 bits per heavy atom. The van der Waals surface area contributed by atoms with Crippen molar-refractivity contribution in [3.05, 3.63) is 40.6 Å². The Hall–Kier alpha value is -2.28. The number of aryl methyl sites for hydroxylation is 1.